The number of benzene rings is 1. The molecular formula is C19H18N2O4. The standard InChI is InChI=1S/C19H18N2O4/c1-12-15-4-3-14(24-2)11-17(15)25-19(23)16(12)5-6-18(22)21-13-7-9-20-10-8-13/h3-4,7-11H,5-6H2,1-2H3,(H,20,21,22). The minimum absolute atomic E-state index is 0.167. The molecule has 0 saturated carbocycles. The summed E-state index contributed by atoms with van der Waals surface area (Å²) in [6.07, 6.45) is 3.71. The van der Waals surface area contributed by atoms with Gasteiger partial charge in [-0.05, 0) is 43.2 Å². The van der Waals surface area contributed by atoms with E-state index in [0.29, 0.717) is 29.0 Å². The summed E-state index contributed by atoms with van der Waals surface area (Å²) >= 11 is 0. The molecular weight excluding hydrogens is 320 g/mol. The molecule has 0 aliphatic rings. The van der Waals surface area contributed by atoms with Gasteiger partial charge in [-0.3, -0.25) is 9.78 Å². The third-order valence-corrected chi connectivity index (χ3v) is 4.06. The van der Waals surface area contributed by atoms with E-state index >= 15 is 0 Å². The Morgan fingerprint density at radius 3 is 2.72 bits per heavy atom. The van der Waals surface area contributed by atoms with Crippen molar-refractivity contribution in [2.75, 3.05) is 12.4 Å². The fraction of sp³-hybridized carbons (Fsp3) is 0.211. The van der Waals surface area contributed by atoms with Gasteiger partial charge in [0, 0.05) is 41.5 Å². The molecule has 3 rings (SSSR count). The van der Waals surface area contributed by atoms with E-state index in [1.54, 1.807) is 37.7 Å². The first kappa shape index (κ1) is 16.7. The molecule has 128 valence electrons. The summed E-state index contributed by atoms with van der Waals surface area (Å²) in [5.74, 6) is 0.458. The highest BCUT2D eigenvalue weighted by molar-refractivity contribution is 5.91. The maximum Gasteiger partial charge on any atom is 0.339 e. The van der Waals surface area contributed by atoms with Gasteiger partial charge in [-0.1, -0.05) is 0 Å². The molecule has 0 spiro atoms. The molecule has 25 heavy (non-hydrogen) atoms. The molecule has 2 heterocycles. The van der Waals surface area contributed by atoms with E-state index in [4.69, 9.17) is 9.15 Å². The number of aromatic nitrogens is 1. The lowest BCUT2D eigenvalue weighted by molar-refractivity contribution is -0.116. The van der Waals surface area contributed by atoms with Gasteiger partial charge in [0.2, 0.25) is 5.91 Å². The zero-order valence-electron chi connectivity index (χ0n) is 14.0. The Morgan fingerprint density at radius 1 is 1.24 bits per heavy atom. The first-order valence-electron chi connectivity index (χ1n) is 7.88. The summed E-state index contributed by atoms with van der Waals surface area (Å²) in [4.78, 5) is 28.2. The fourth-order valence-corrected chi connectivity index (χ4v) is 2.69. The minimum Gasteiger partial charge on any atom is -0.497 e. The van der Waals surface area contributed by atoms with Crippen LogP contribution in [-0.4, -0.2) is 18.0 Å². The topological polar surface area (TPSA) is 81.4 Å². The van der Waals surface area contributed by atoms with Crippen LogP contribution in [-0.2, 0) is 11.2 Å². The Hall–Kier alpha value is -3.15. The maximum absolute atomic E-state index is 12.3. The van der Waals surface area contributed by atoms with Crippen molar-refractivity contribution in [3.8, 4) is 5.75 Å². The normalized spacial score (nSPS) is 10.6. The van der Waals surface area contributed by atoms with Gasteiger partial charge in [0.15, 0.2) is 0 Å². The number of nitrogens with one attached hydrogen (secondary N) is 1. The summed E-state index contributed by atoms with van der Waals surface area (Å²) in [6.45, 7) is 1.86. The Labute approximate surface area is 144 Å². The molecule has 0 saturated heterocycles. The zero-order valence-corrected chi connectivity index (χ0v) is 14.0. The Bertz CT molecular complexity index is 964. The number of hydrogen-bond donors (Lipinski definition) is 1. The van der Waals surface area contributed by atoms with Crippen molar-refractivity contribution in [3.05, 3.63) is 64.3 Å². The SMILES string of the molecule is COc1ccc2c(C)c(CCC(=O)Nc3ccncc3)c(=O)oc2c1. The number of ether oxygens (including phenoxy) is 1. The minimum atomic E-state index is -0.421. The van der Waals surface area contributed by atoms with E-state index < -0.39 is 5.63 Å². The van der Waals surface area contributed by atoms with E-state index in [2.05, 4.69) is 10.3 Å². The first-order valence-corrected chi connectivity index (χ1v) is 7.88. The van der Waals surface area contributed by atoms with Gasteiger partial charge in [0.1, 0.15) is 11.3 Å². The van der Waals surface area contributed by atoms with Crippen LogP contribution in [0.2, 0.25) is 0 Å². The second-order valence-corrected chi connectivity index (χ2v) is 5.64. The van der Waals surface area contributed by atoms with Crippen LogP contribution in [0.1, 0.15) is 17.5 Å². The van der Waals surface area contributed by atoms with Gasteiger partial charge in [0.05, 0.1) is 7.11 Å². The summed E-state index contributed by atoms with van der Waals surface area (Å²) in [5, 5.41) is 3.61. The van der Waals surface area contributed by atoms with Gasteiger partial charge < -0.3 is 14.5 Å². The van der Waals surface area contributed by atoms with Crippen molar-refractivity contribution in [2.45, 2.75) is 19.8 Å². The molecule has 1 aromatic carbocycles. The van der Waals surface area contributed by atoms with Crippen molar-refractivity contribution in [1.82, 2.24) is 4.98 Å². The van der Waals surface area contributed by atoms with Crippen LogP contribution in [0, 0.1) is 6.92 Å². The quantitative estimate of drug-likeness (QED) is 0.723. The molecule has 0 unspecified atom stereocenters. The number of hydrogen-bond acceptors (Lipinski definition) is 5. The number of rotatable bonds is 5. The Kier molecular flexibility index (Phi) is 4.79. The van der Waals surface area contributed by atoms with Gasteiger partial charge in [-0.15, -0.1) is 0 Å². The number of amides is 1. The van der Waals surface area contributed by atoms with E-state index in [9.17, 15) is 9.59 Å². The van der Waals surface area contributed by atoms with Gasteiger partial charge in [-0.2, -0.15) is 0 Å². The zero-order chi connectivity index (χ0) is 17.8. The lowest BCUT2D eigenvalue weighted by atomic mass is 10.0. The van der Waals surface area contributed by atoms with E-state index in [1.807, 2.05) is 19.1 Å². The van der Waals surface area contributed by atoms with Crippen LogP contribution in [0.3, 0.4) is 0 Å². The molecule has 0 radical (unpaired) electrons. The number of aryl methyl sites for hydroxylation is 1. The van der Waals surface area contributed by atoms with Crippen molar-refractivity contribution < 1.29 is 13.9 Å². The molecule has 0 aliphatic heterocycles. The number of pyridine rings is 1. The second-order valence-electron chi connectivity index (χ2n) is 5.64. The lowest BCUT2D eigenvalue weighted by Gasteiger charge is -2.09. The molecule has 0 aliphatic carbocycles. The average molecular weight is 338 g/mol. The first-order chi connectivity index (χ1) is 12.1. The van der Waals surface area contributed by atoms with Crippen LogP contribution in [0.15, 0.2) is 51.9 Å². The Balaban J connectivity index is 1.79. The second kappa shape index (κ2) is 7.17. The molecule has 3 aromatic rings. The summed E-state index contributed by atoms with van der Waals surface area (Å²) in [6, 6.07) is 8.77. The lowest BCUT2D eigenvalue weighted by Crippen LogP contribution is -2.16. The summed E-state index contributed by atoms with van der Waals surface area (Å²) in [7, 11) is 1.56. The Morgan fingerprint density at radius 2 is 2.00 bits per heavy atom. The van der Waals surface area contributed by atoms with Crippen molar-refractivity contribution in [3.63, 3.8) is 0 Å². The fourth-order valence-electron chi connectivity index (χ4n) is 2.69. The van der Waals surface area contributed by atoms with Gasteiger partial charge >= 0.3 is 5.63 Å². The van der Waals surface area contributed by atoms with Gasteiger partial charge in [0.25, 0.3) is 0 Å². The van der Waals surface area contributed by atoms with E-state index in [0.717, 1.165) is 10.9 Å². The average Bonchev–Trinajstić information content (AvgIpc) is 2.61. The maximum atomic E-state index is 12.3. The molecule has 0 fully saturated rings. The third kappa shape index (κ3) is 3.68. The van der Waals surface area contributed by atoms with Crippen molar-refractivity contribution in [2.24, 2.45) is 0 Å². The molecule has 2 aromatic heterocycles. The molecule has 1 amide bonds. The number of fused-ring (bicyclic) bond motifs is 1. The molecule has 6 nitrogen and oxygen atoms in total. The van der Waals surface area contributed by atoms with Crippen molar-refractivity contribution >= 4 is 22.6 Å². The number of nitrogens with zero attached hydrogens (tertiary/aromatic N) is 1. The highest BCUT2D eigenvalue weighted by Gasteiger charge is 2.13. The summed E-state index contributed by atoms with van der Waals surface area (Å²) < 4.78 is 10.5. The number of carbonyl (C=O) groups is 1. The number of methoxy groups -OCH3 is 1. The highest BCUT2D eigenvalue weighted by atomic mass is 16.5. The van der Waals surface area contributed by atoms with Crippen LogP contribution < -0.4 is 15.7 Å². The molecule has 1 N–H and O–H groups in total. The number of anilines is 1. The smallest absolute Gasteiger partial charge is 0.339 e. The van der Waals surface area contributed by atoms with E-state index in [-0.39, 0.29) is 12.3 Å². The predicted octanol–water partition coefficient (Wildman–Crippen LogP) is 3.08. The molecule has 6 heteroatoms. The van der Waals surface area contributed by atoms with E-state index in [1.165, 1.54) is 0 Å². The van der Waals surface area contributed by atoms with Crippen LogP contribution in [0.25, 0.3) is 11.0 Å². The number of carbonyl (C=O) groups excluding carboxylic acids is 1. The van der Waals surface area contributed by atoms with Crippen LogP contribution >= 0.6 is 0 Å². The monoisotopic (exact) mass is 338 g/mol. The highest BCUT2D eigenvalue weighted by Crippen LogP contribution is 2.24. The van der Waals surface area contributed by atoms with Crippen LogP contribution in [0.5, 0.6) is 5.75 Å². The van der Waals surface area contributed by atoms with Crippen LogP contribution in [0.4, 0.5) is 5.69 Å². The predicted molar refractivity (Wildman–Crippen MR) is 95.0 cm³/mol. The third-order valence-electron chi connectivity index (χ3n) is 4.06. The largest absolute Gasteiger partial charge is 0.497 e. The summed E-state index contributed by atoms with van der Waals surface area (Å²) in [5.41, 5.74) is 2.07. The molecule has 0 atom stereocenters. The molecule has 0 bridgehead atoms. The van der Waals surface area contributed by atoms with Gasteiger partial charge in [-0.25, -0.2) is 4.79 Å². The van der Waals surface area contributed by atoms with Crippen molar-refractivity contribution in [1.29, 1.82) is 0 Å².